The first kappa shape index (κ1) is 22.4. The Morgan fingerprint density at radius 3 is 2.31 bits per heavy atom. The zero-order valence-corrected chi connectivity index (χ0v) is 19.1. The van der Waals surface area contributed by atoms with Gasteiger partial charge in [0, 0.05) is 56.1 Å². The Hall–Kier alpha value is -2.77. The van der Waals surface area contributed by atoms with Crippen LogP contribution in [0.5, 0.6) is 0 Å². The first-order chi connectivity index (χ1) is 15.2. The summed E-state index contributed by atoms with van der Waals surface area (Å²) < 4.78 is 1.57. The molecular formula is C25H31N3O4. The Kier molecular flexibility index (Phi) is 6.05. The maximum Gasteiger partial charge on any atom is 0.268 e. The van der Waals surface area contributed by atoms with Gasteiger partial charge in [-0.15, -0.1) is 0 Å². The molecule has 0 bridgehead atoms. The van der Waals surface area contributed by atoms with E-state index < -0.39 is 0 Å². The molecule has 2 heterocycles. The number of hydrogen-bond acceptors (Lipinski definition) is 5. The van der Waals surface area contributed by atoms with E-state index in [1.54, 1.807) is 9.47 Å². The summed E-state index contributed by atoms with van der Waals surface area (Å²) in [5.41, 5.74) is 2.33. The lowest BCUT2D eigenvalue weighted by molar-refractivity contribution is 0.0613. The van der Waals surface area contributed by atoms with Gasteiger partial charge in [0.1, 0.15) is 5.56 Å². The first-order valence-electron chi connectivity index (χ1n) is 11.2. The molecule has 0 radical (unpaired) electrons. The van der Waals surface area contributed by atoms with Gasteiger partial charge in [-0.05, 0) is 37.0 Å². The molecule has 2 aromatic rings. The minimum absolute atomic E-state index is 0.0288. The molecule has 0 unspecified atom stereocenters. The maximum absolute atomic E-state index is 13.7. The number of ketones is 1. The predicted molar refractivity (Wildman–Crippen MR) is 123 cm³/mol. The van der Waals surface area contributed by atoms with E-state index in [1.807, 2.05) is 45.0 Å². The molecule has 1 aromatic heterocycles. The molecule has 170 valence electrons. The van der Waals surface area contributed by atoms with E-state index >= 15 is 0 Å². The monoisotopic (exact) mass is 437 g/mol. The molecule has 2 aliphatic rings. The molecule has 0 atom stereocenters. The fourth-order valence-corrected chi connectivity index (χ4v) is 4.72. The molecule has 0 spiro atoms. The van der Waals surface area contributed by atoms with Gasteiger partial charge in [-0.3, -0.25) is 23.9 Å². The van der Waals surface area contributed by atoms with Crippen LogP contribution in [0.4, 0.5) is 0 Å². The third kappa shape index (κ3) is 4.27. The molecule has 1 aliphatic carbocycles. The number of carbonyl (C=O) groups is 2. The van der Waals surface area contributed by atoms with Gasteiger partial charge in [0.2, 0.25) is 0 Å². The number of amides is 1. The highest BCUT2D eigenvalue weighted by molar-refractivity contribution is 6.02. The maximum atomic E-state index is 13.7. The van der Waals surface area contributed by atoms with Crippen LogP contribution in [-0.2, 0) is 6.42 Å². The lowest BCUT2D eigenvalue weighted by atomic mass is 9.75. The molecule has 7 heteroatoms. The average Bonchev–Trinajstić information content (AvgIpc) is 2.74. The second-order valence-electron chi connectivity index (χ2n) is 9.69. The Balaban J connectivity index is 1.80. The zero-order chi connectivity index (χ0) is 23.0. The molecule has 1 aromatic carbocycles. The van der Waals surface area contributed by atoms with Gasteiger partial charge in [-0.1, -0.05) is 31.5 Å². The van der Waals surface area contributed by atoms with Crippen molar-refractivity contribution in [2.45, 2.75) is 33.6 Å². The molecule has 7 nitrogen and oxygen atoms in total. The highest BCUT2D eigenvalue weighted by Gasteiger charge is 2.35. The summed E-state index contributed by atoms with van der Waals surface area (Å²) in [6.45, 7) is 8.97. The van der Waals surface area contributed by atoms with Gasteiger partial charge in [0.05, 0.1) is 6.61 Å². The van der Waals surface area contributed by atoms with E-state index in [-0.39, 0.29) is 34.8 Å². The number of β-amino-alcohol motifs (C(OH)–C–C–N with tert-alkyl or cyclic N) is 1. The largest absolute Gasteiger partial charge is 0.395 e. The number of nitrogens with zero attached hydrogens (tertiary/aromatic N) is 3. The van der Waals surface area contributed by atoms with Crippen molar-refractivity contribution in [3.05, 3.63) is 63.1 Å². The second-order valence-corrected chi connectivity index (χ2v) is 9.69. The Morgan fingerprint density at radius 1 is 1.03 bits per heavy atom. The smallest absolute Gasteiger partial charge is 0.268 e. The minimum atomic E-state index is -0.374. The van der Waals surface area contributed by atoms with Crippen LogP contribution in [0.15, 0.2) is 35.1 Å². The summed E-state index contributed by atoms with van der Waals surface area (Å²) in [6, 6.07) is 9.12. The highest BCUT2D eigenvalue weighted by atomic mass is 16.3. The highest BCUT2D eigenvalue weighted by Crippen LogP contribution is 2.35. The predicted octanol–water partition coefficient (Wildman–Crippen LogP) is 2.05. The first-order valence-corrected chi connectivity index (χ1v) is 11.2. The fraction of sp³-hybridized carbons (Fsp3) is 0.480. The van der Waals surface area contributed by atoms with Crippen LogP contribution >= 0.6 is 0 Å². The number of aromatic nitrogens is 1. The molecular weight excluding hydrogens is 406 g/mol. The van der Waals surface area contributed by atoms with Crippen molar-refractivity contribution in [3.63, 3.8) is 0 Å². The standard InChI is InChI=1S/C25H31N3O4/c1-17-4-6-18(7-5-17)28-21-15-25(2,3)16-22(30)19(21)14-20(24(28)32)23(31)27-10-8-26(9-11-27)12-13-29/h4-7,14,29H,8-13,15-16H2,1-3H3. The van der Waals surface area contributed by atoms with Crippen molar-refractivity contribution < 1.29 is 14.7 Å². The zero-order valence-electron chi connectivity index (χ0n) is 19.1. The number of aryl methyl sites for hydroxylation is 1. The van der Waals surface area contributed by atoms with Crippen LogP contribution in [0.3, 0.4) is 0 Å². The van der Waals surface area contributed by atoms with E-state index in [0.717, 1.165) is 5.56 Å². The third-order valence-corrected chi connectivity index (χ3v) is 6.49. The number of benzene rings is 1. The Morgan fingerprint density at radius 2 is 1.69 bits per heavy atom. The molecule has 0 saturated carbocycles. The molecule has 1 amide bonds. The van der Waals surface area contributed by atoms with Gasteiger partial charge in [-0.25, -0.2) is 0 Å². The average molecular weight is 438 g/mol. The number of rotatable bonds is 4. The van der Waals surface area contributed by atoms with E-state index in [4.69, 9.17) is 5.11 Å². The van der Waals surface area contributed by atoms with Crippen molar-refractivity contribution in [3.8, 4) is 5.69 Å². The van der Waals surface area contributed by atoms with Crippen LogP contribution in [0.1, 0.15) is 52.2 Å². The molecule has 1 fully saturated rings. The van der Waals surface area contributed by atoms with Crippen LogP contribution in [0.25, 0.3) is 5.69 Å². The van der Waals surface area contributed by atoms with Gasteiger partial charge in [0.25, 0.3) is 11.5 Å². The minimum Gasteiger partial charge on any atom is -0.395 e. The molecule has 4 rings (SSSR count). The SMILES string of the molecule is Cc1ccc(-n2c3c(cc(C(=O)N4CCN(CCO)CC4)c2=O)C(=O)CC(C)(C)C3)cc1. The number of fused-ring (bicyclic) bond motifs is 1. The molecule has 1 N–H and O–H groups in total. The van der Waals surface area contributed by atoms with Gasteiger partial charge in [-0.2, -0.15) is 0 Å². The number of aliphatic hydroxyl groups excluding tert-OH is 1. The van der Waals surface area contributed by atoms with Gasteiger partial charge >= 0.3 is 0 Å². The summed E-state index contributed by atoms with van der Waals surface area (Å²) in [7, 11) is 0. The van der Waals surface area contributed by atoms with Crippen molar-refractivity contribution in [2.24, 2.45) is 5.41 Å². The van der Waals surface area contributed by atoms with Gasteiger partial charge in [0.15, 0.2) is 5.78 Å². The topological polar surface area (TPSA) is 82.8 Å². The summed E-state index contributed by atoms with van der Waals surface area (Å²) >= 11 is 0. The van der Waals surface area contributed by atoms with Crippen molar-refractivity contribution in [1.29, 1.82) is 0 Å². The van der Waals surface area contributed by atoms with E-state index in [0.29, 0.717) is 62.5 Å². The van der Waals surface area contributed by atoms with Crippen LogP contribution in [0, 0.1) is 12.3 Å². The summed E-state index contributed by atoms with van der Waals surface area (Å²) in [5.74, 6) is -0.362. The van der Waals surface area contributed by atoms with Gasteiger partial charge < -0.3 is 10.0 Å². The Labute approximate surface area is 188 Å². The number of aliphatic hydroxyl groups is 1. The molecule has 1 saturated heterocycles. The lowest BCUT2D eigenvalue weighted by Crippen LogP contribution is -2.50. The summed E-state index contributed by atoms with van der Waals surface area (Å²) in [5, 5.41) is 9.14. The number of pyridine rings is 1. The number of hydrogen-bond donors (Lipinski definition) is 1. The molecule has 1 aliphatic heterocycles. The fourth-order valence-electron chi connectivity index (χ4n) is 4.72. The van der Waals surface area contributed by atoms with Crippen molar-refractivity contribution >= 4 is 11.7 Å². The third-order valence-electron chi connectivity index (χ3n) is 6.49. The lowest BCUT2D eigenvalue weighted by Gasteiger charge is -2.35. The normalized spacial score (nSPS) is 18.5. The number of piperazine rings is 1. The summed E-state index contributed by atoms with van der Waals surface area (Å²) in [6.07, 6.45) is 0.977. The van der Waals surface area contributed by atoms with E-state index in [9.17, 15) is 14.4 Å². The van der Waals surface area contributed by atoms with Crippen molar-refractivity contribution in [1.82, 2.24) is 14.4 Å². The molecule has 32 heavy (non-hydrogen) atoms. The number of Topliss-reactive ketones (excluding diaryl/α,β-unsaturated/α-hetero) is 1. The number of carbonyl (C=O) groups excluding carboxylic acids is 2. The Bertz CT molecular complexity index is 1090. The quantitative estimate of drug-likeness (QED) is 0.792. The van der Waals surface area contributed by atoms with E-state index in [2.05, 4.69) is 4.90 Å². The van der Waals surface area contributed by atoms with Crippen LogP contribution < -0.4 is 5.56 Å². The van der Waals surface area contributed by atoms with E-state index in [1.165, 1.54) is 6.07 Å². The van der Waals surface area contributed by atoms with Crippen LogP contribution in [-0.4, -0.2) is 70.5 Å². The van der Waals surface area contributed by atoms with Crippen molar-refractivity contribution in [2.75, 3.05) is 39.3 Å². The summed E-state index contributed by atoms with van der Waals surface area (Å²) in [4.78, 5) is 43.8. The second kappa shape index (κ2) is 8.64. The van der Waals surface area contributed by atoms with Crippen LogP contribution in [0.2, 0.25) is 0 Å².